The van der Waals surface area contributed by atoms with Gasteiger partial charge in [0.15, 0.2) is 5.96 Å². The minimum absolute atomic E-state index is 0.185. The summed E-state index contributed by atoms with van der Waals surface area (Å²) >= 11 is 12.7. The quantitative estimate of drug-likeness (QED) is 0.392. The number of nitrogens with zero attached hydrogens (tertiary/aromatic N) is 2. The zero-order valence-corrected chi connectivity index (χ0v) is 18.0. The van der Waals surface area contributed by atoms with Crippen molar-refractivity contribution in [3.05, 3.63) is 33.8 Å². The van der Waals surface area contributed by atoms with Gasteiger partial charge in [-0.1, -0.05) is 36.2 Å². The second kappa shape index (κ2) is 11.7. The molecule has 1 aromatic rings. The molecule has 0 aliphatic carbocycles. The third kappa shape index (κ3) is 6.83. The molecule has 7 heteroatoms. The molecule has 2 rings (SSSR count). The van der Waals surface area contributed by atoms with Gasteiger partial charge in [0.25, 0.3) is 0 Å². The number of hydrogen-bond acceptors (Lipinski definition) is 3. The van der Waals surface area contributed by atoms with Gasteiger partial charge in [0.05, 0.1) is 6.10 Å². The number of piperidine rings is 1. The Morgan fingerprint density at radius 1 is 1.26 bits per heavy atom. The standard InChI is InChI=1S/C20H31Cl2N3O2/c1-15(19-17(21)6-4-7-18(19)22)14-24-20(23-2)25-10-8-16(9-11-25)27-13-5-12-26-3/h4,6-7,15-16H,5,8-14H2,1-3H3,(H,23,24). The van der Waals surface area contributed by atoms with Gasteiger partial charge in [-0.15, -0.1) is 0 Å². The van der Waals surface area contributed by atoms with Crippen molar-refractivity contribution in [1.29, 1.82) is 0 Å². The number of nitrogens with one attached hydrogen (secondary N) is 1. The molecule has 1 heterocycles. The van der Waals surface area contributed by atoms with Gasteiger partial charge in [0.2, 0.25) is 0 Å². The van der Waals surface area contributed by atoms with Crippen molar-refractivity contribution in [1.82, 2.24) is 10.2 Å². The number of likely N-dealkylation sites (tertiary alicyclic amines) is 1. The Morgan fingerprint density at radius 3 is 2.52 bits per heavy atom. The fraction of sp³-hybridized carbons (Fsp3) is 0.650. The van der Waals surface area contributed by atoms with Crippen LogP contribution in [-0.2, 0) is 9.47 Å². The van der Waals surface area contributed by atoms with Crippen LogP contribution < -0.4 is 5.32 Å². The molecule has 1 aliphatic heterocycles. The normalized spacial score (nSPS) is 17.2. The monoisotopic (exact) mass is 415 g/mol. The number of aliphatic imine (C=N–C) groups is 1. The summed E-state index contributed by atoms with van der Waals surface area (Å²) in [6, 6.07) is 5.63. The summed E-state index contributed by atoms with van der Waals surface area (Å²) in [6.07, 6.45) is 3.30. The Morgan fingerprint density at radius 2 is 1.93 bits per heavy atom. The van der Waals surface area contributed by atoms with Gasteiger partial charge in [-0.2, -0.15) is 0 Å². The van der Waals surface area contributed by atoms with Crippen LogP contribution in [0.1, 0.15) is 37.7 Å². The van der Waals surface area contributed by atoms with Gasteiger partial charge < -0.3 is 19.7 Å². The molecule has 1 fully saturated rings. The highest BCUT2D eigenvalue weighted by molar-refractivity contribution is 6.36. The molecule has 0 amide bonds. The molecular weight excluding hydrogens is 385 g/mol. The molecule has 27 heavy (non-hydrogen) atoms. The van der Waals surface area contributed by atoms with Crippen molar-refractivity contribution in [2.75, 3.05) is 47.0 Å². The number of benzene rings is 1. The largest absolute Gasteiger partial charge is 0.385 e. The van der Waals surface area contributed by atoms with Crippen LogP contribution in [0.15, 0.2) is 23.2 Å². The van der Waals surface area contributed by atoms with E-state index in [1.807, 2.05) is 25.2 Å². The van der Waals surface area contributed by atoms with Gasteiger partial charge in [-0.3, -0.25) is 4.99 Å². The lowest BCUT2D eigenvalue weighted by Crippen LogP contribution is -2.47. The number of methoxy groups -OCH3 is 1. The third-order valence-corrected chi connectivity index (χ3v) is 5.52. The minimum atomic E-state index is 0.185. The van der Waals surface area contributed by atoms with Crippen molar-refractivity contribution in [2.24, 2.45) is 4.99 Å². The smallest absolute Gasteiger partial charge is 0.193 e. The van der Waals surface area contributed by atoms with E-state index in [1.54, 1.807) is 7.11 Å². The minimum Gasteiger partial charge on any atom is -0.385 e. The van der Waals surface area contributed by atoms with Crippen molar-refractivity contribution < 1.29 is 9.47 Å². The van der Waals surface area contributed by atoms with E-state index in [2.05, 4.69) is 22.1 Å². The summed E-state index contributed by atoms with van der Waals surface area (Å²) < 4.78 is 11.0. The fourth-order valence-electron chi connectivity index (χ4n) is 3.35. The van der Waals surface area contributed by atoms with Crippen LogP contribution in [0.3, 0.4) is 0 Å². The van der Waals surface area contributed by atoms with Gasteiger partial charge in [0, 0.05) is 63.0 Å². The molecule has 0 aromatic heterocycles. The molecule has 0 radical (unpaired) electrons. The SMILES string of the molecule is CN=C(NCC(C)c1c(Cl)cccc1Cl)N1CCC(OCCCOC)CC1. The highest BCUT2D eigenvalue weighted by Crippen LogP contribution is 2.31. The third-order valence-electron chi connectivity index (χ3n) is 4.86. The second-order valence-corrected chi connectivity index (χ2v) is 7.68. The van der Waals surface area contributed by atoms with Crippen LogP contribution in [0.25, 0.3) is 0 Å². The van der Waals surface area contributed by atoms with Crippen molar-refractivity contribution in [2.45, 2.75) is 38.2 Å². The first kappa shape index (κ1) is 22.3. The number of rotatable bonds is 8. The Kier molecular flexibility index (Phi) is 9.69. The maximum atomic E-state index is 6.33. The van der Waals surface area contributed by atoms with Gasteiger partial charge >= 0.3 is 0 Å². The summed E-state index contributed by atoms with van der Waals surface area (Å²) in [5, 5.41) is 4.88. The van der Waals surface area contributed by atoms with Crippen LogP contribution in [0.4, 0.5) is 0 Å². The van der Waals surface area contributed by atoms with E-state index in [1.165, 1.54) is 0 Å². The van der Waals surface area contributed by atoms with Crippen molar-refractivity contribution >= 4 is 29.2 Å². The highest BCUT2D eigenvalue weighted by atomic mass is 35.5. The lowest BCUT2D eigenvalue weighted by molar-refractivity contribution is 0.00990. The zero-order valence-electron chi connectivity index (χ0n) is 16.5. The van der Waals surface area contributed by atoms with Crippen LogP contribution in [0.5, 0.6) is 0 Å². The maximum Gasteiger partial charge on any atom is 0.193 e. The lowest BCUT2D eigenvalue weighted by atomic mass is 10.0. The van der Waals surface area contributed by atoms with E-state index >= 15 is 0 Å². The molecule has 152 valence electrons. The zero-order chi connectivity index (χ0) is 19.6. The number of guanidine groups is 1. The van der Waals surface area contributed by atoms with Gasteiger partial charge in [-0.05, 0) is 37.0 Å². The van der Waals surface area contributed by atoms with E-state index in [4.69, 9.17) is 32.7 Å². The summed E-state index contributed by atoms with van der Waals surface area (Å²) in [4.78, 5) is 6.73. The predicted molar refractivity (Wildman–Crippen MR) is 113 cm³/mol. The Bertz CT molecular complexity index is 585. The van der Waals surface area contributed by atoms with Crippen LogP contribution in [0, 0.1) is 0 Å². The van der Waals surface area contributed by atoms with E-state index in [0.29, 0.717) is 16.1 Å². The molecule has 1 saturated heterocycles. The van der Waals surface area contributed by atoms with Crippen molar-refractivity contribution in [3.8, 4) is 0 Å². The molecule has 0 saturated carbocycles. The first-order chi connectivity index (χ1) is 13.1. The first-order valence-corrected chi connectivity index (χ1v) is 10.3. The summed E-state index contributed by atoms with van der Waals surface area (Å²) in [5.74, 6) is 1.10. The van der Waals surface area contributed by atoms with E-state index in [0.717, 1.165) is 63.6 Å². The highest BCUT2D eigenvalue weighted by Gasteiger charge is 2.22. The predicted octanol–water partition coefficient (Wildman–Crippen LogP) is 4.19. The van der Waals surface area contributed by atoms with Gasteiger partial charge in [0.1, 0.15) is 0 Å². The van der Waals surface area contributed by atoms with Crippen molar-refractivity contribution in [3.63, 3.8) is 0 Å². The topological polar surface area (TPSA) is 46.1 Å². The van der Waals surface area contributed by atoms with Crippen LogP contribution >= 0.6 is 23.2 Å². The maximum absolute atomic E-state index is 6.33. The van der Waals surface area contributed by atoms with E-state index in [9.17, 15) is 0 Å². The number of halogens is 2. The first-order valence-electron chi connectivity index (χ1n) is 9.56. The molecular formula is C20H31Cl2N3O2. The molecule has 1 N–H and O–H groups in total. The molecule has 1 aromatic carbocycles. The second-order valence-electron chi connectivity index (χ2n) is 6.87. The molecule has 1 atom stereocenters. The Hall–Kier alpha value is -1.01. The van der Waals surface area contributed by atoms with Crippen LogP contribution in [0.2, 0.25) is 10.0 Å². The summed E-state index contributed by atoms with van der Waals surface area (Å²) in [7, 11) is 3.54. The molecule has 0 bridgehead atoms. The number of ether oxygens (including phenoxy) is 2. The summed E-state index contributed by atoms with van der Waals surface area (Å²) in [6.45, 7) is 6.24. The Labute approximate surface area is 173 Å². The van der Waals surface area contributed by atoms with E-state index in [-0.39, 0.29) is 5.92 Å². The molecule has 0 spiro atoms. The lowest BCUT2D eigenvalue weighted by Gasteiger charge is -2.34. The van der Waals surface area contributed by atoms with Gasteiger partial charge in [-0.25, -0.2) is 0 Å². The summed E-state index contributed by atoms with van der Waals surface area (Å²) in [5.41, 5.74) is 0.979. The van der Waals surface area contributed by atoms with E-state index < -0.39 is 0 Å². The Balaban J connectivity index is 1.79. The molecule has 1 aliphatic rings. The number of hydrogen-bond donors (Lipinski definition) is 1. The average Bonchev–Trinajstić information content (AvgIpc) is 2.66. The average molecular weight is 416 g/mol. The molecule has 5 nitrogen and oxygen atoms in total. The fourth-order valence-corrected chi connectivity index (χ4v) is 4.12. The molecule has 1 unspecified atom stereocenters. The van der Waals surface area contributed by atoms with Crippen LogP contribution in [-0.4, -0.2) is 64.0 Å².